The molecule has 0 unspecified atom stereocenters. The van der Waals surface area contributed by atoms with E-state index < -0.39 is 11.8 Å². The molecule has 1 aliphatic rings. The number of hydrogen-bond donors (Lipinski definition) is 0. The van der Waals surface area contributed by atoms with Crippen LogP contribution in [0.5, 0.6) is 0 Å². The standard InChI is InChI=1S/C22H29FN5O3S2.O.Tc/c1-26-14-19-20(25-15-28(19)18-4-3-16(23)13-17(18)21(26)29)22(30)31-10-2-7-27(9-12-33)8-5-24-6-11-32;;/h3-4,13,15,32-33H,2,5-12,14H2,1H3;;/q-1;-2;+5/p-2/i;;1+1. The van der Waals surface area contributed by atoms with Crippen LogP contribution >= 0.6 is 0 Å². The van der Waals surface area contributed by atoms with Crippen LogP contribution in [0.1, 0.15) is 33.0 Å². The quantitative estimate of drug-likeness (QED) is 0.206. The Bertz CT molecular complexity index is 981. The van der Waals surface area contributed by atoms with Gasteiger partial charge in [0.1, 0.15) is 12.1 Å². The number of amides is 1. The van der Waals surface area contributed by atoms with Gasteiger partial charge in [-0.1, -0.05) is 0 Å². The number of rotatable bonds is 12. The number of aromatic nitrogens is 2. The summed E-state index contributed by atoms with van der Waals surface area (Å²) < 4.78 is 20.8. The van der Waals surface area contributed by atoms with Gasteiger partial charge >= 0.3 is 26.1 Å². The summed E-state index contributed by atoms with van der Waals surface area (Å²) in [4.78, 5) is 33.3. The van der Waals surface area contributed by atoms with E-state index in [0.717, 1.165) is 19.6 Å². The topological polar surface area (TPSA) is 110 Å². The van der Waals surface area contributed by atoms with Gasteiger partial charge in [0.25, 0.3) is 5.91 Å². The van der Waals surface area contributed by atoms with Gasteiger partial charge in [0.05, 0.1) is 30.1 Å². The normalized spacial score (nSPS) is 12.4. The maximum absolute atomic E-state index is 13.7. The minimum Gasteiger partial charge on any atom is -2.00 e. The minimum absolute atomic E-state index is 0. The molecule has 0 bridgehead atoms. The second-order valence-corrected chi connectivity index (χ2v) is 8.46. The van der Waals surface area contributed by atoms with Crippen molar-refractivity contribution in [2.24, 2.45) is 0 Å². The van der Waals surface area contributed by atoms with Gasteiger partial charge < -0.3 is 50.6 Å². The number of esters is 1. The number of fused-ring (bicyclic) bond motifs is 3. The van der Waals surface area contributed by atoms with Crippen LogP contribution in [0.3, 0.4) is 0 Å². The van der Waals surface area contributed by atoms with E-state index in [1.165, 1.54) is 29.4 Å². The first-order valence-electron chi connectivity index (χ1n) is 10.8. The van der Waals surface area contributed by atoms with E-state index in [2.05, 4.69) is 15.2 Å². The average Bonchev–Trinajstić information content (AvgIpc) is 3.18. The van der Waals surface area contributed by atoms with Gasteiger partial charge in [-0.05, 0) is 37.7 Å². The molecule has 0 saturated heterocycles. The van der Waals surface area contributed by atoms with Crippen molar-refractivity contribution in [3.05, 3.63) is 52.6 Å². The molecular formula is C22H27FN5O4S2Tc. The third kappa shape index (κ3) is 8.28. The summed E-state index contributed by atoms with van der Waals surface area (Å²) in [6, 6.07) is 3.98. The molecule has 3 rings (SSSR count). The molecular weight excluding hydrogens is 580 g/mol. The molecule has 0 aliphatic carbocycles. The Kier molecular flexibility index (Phi) is 14.1. The first-order chi connectivity index (χ1) is 16.0. The Balaban J connectivity index is 0.00000306. The molecule has 1 amide bonds. The van der Waals surface area contributed by atoms with E-state index in [-0.39, 0.29) is 55.9 Å². The van der Waals surface area contributed by atoms with Gasteiger partial charge in [-0.3, -0.25) is 9.36 Å². The van der Waals surface area contributed by atoms with Crippen LogP contribution in [-0.2, 0) is 62.1 Å². The van der Waals surface area contributed by atoms with Crippen LogP contribution < -0.4 is 0 Å². The van der Waals surface area contributed by atoms with Crippen molar-refractivity contribution in [3.8, 4) is 5.69 Å². The maximum Gasteiger partial charge on any atom is 5.00 e. The fourth-order valence-electron chi connectivity index (χ4n) is 3.67. The molecule has 2 aromatic rings. The molecule has 0 radical (unpaired) electrons. The van der Waals surface area contributed by atoms with Crippen LogP contribution in [0, 0.1) is 5.82 Å². The molecule has 35 heavy (non-hydrogen) atoms. The predicted octanol–water partition coefficient (Wildman–Crippen LogP) is 1.79. The summed E-state index contributed by atoms with van der Waals surface area (Å²) in [5, 5.41) is 4.36. The van der Waals surface area contributed by atoms with Crippen molar-refractivity contribution in [1.82, 2.24) is 19.4 Å². The Morgan fingerprint density at radius 1 is 1.23 bits per heavy atom. The molecule has 13 heteroatoms. The molecule has 0 saturated carbocycles. The molecule has 0 spiro atoms. The smallest absolute Gasteiger partial charge is 2.00 e. The van der Waals surface area contributed by atoms with Crippen LogP contribution in [0.4, 0.5) is 4.39 Å². The van der Waals surface area contributed by atoms with E-state index in [1.807, 2.05) is 0 Å². The number of halogens is 1. The average molecular weight is 608 g/mol. The van der Waals surface area contributed by atoms with Crippen molar-refractivity contribution in [3.63, 3.8) is 0 Å². The van der Waals surface area contributed by atoms with Gasteiger partial charge in [0, 0.05) is 13.6 Å². The van der Waals surface area contributed by atoms with Gasteiger partial charge in [-0.25, -0.2) is 14.2 Å². The van der Waals surface area contributed by atoms with Crippen LogP contribution in [0.25, 0.3) is 11.0 Å². The summed E-state index contributed by atoms with van der Waals surface area (Å²) in [5.41, 5.74) is 1.37. The fraction of sp³-hybridized carbons (Fsp3) is 0.500. The Morgan fingerprint density at radius 3 is 2.71 bits per heavy atom. The maximum atomic E-state index is 13.7. The Hall–Kier alpha value is -1.47. The summed E-state index contributed by atoms with van der Waals surface area (Å²) >= 11 is 9.99. The van der Waals surface area contributed by atoms with Crippen LogP contribution in [-0.4, -0.2) is 89.1 Å². The predicted molar refractivity (Wildman–Crippen MR) is 129 cm³/mol. The molecule has 0 fully saturated rings. The summed E-state index contributed by atoms with van der Waals surface area (Å²) in [6.45, 7) is 4.11. The van der Waals surface area contributed by atoms with E-state index >= 15 is 0 Å². The van der Waals surface area contributed by atoms with Crippen molar-refractivity contribution in [2.75, 3.05) is 57.9 Å². The summed E-state index contributed by atoms with van der Waals surface area (Å²) in [6.07, 6.45) is 2.12. The SMILES string of the molecule is CN1Cc2c(C(=O)OCCCN(CC[S-])CC[N-]CC[S-])ncn2-c2ccc(F)cc2C1=O.[99Tc+5].[O-2]. The van der Waals surface area contributed by atoms with E-state index in [9.17, 15) is 14.0 Å². The molecule has 1 aromatic carbocycles. The molecule has 1 aromatic heterocycles. The zero-order valence-electron chi connectivity index (χ0n) is 19.3. The molecule has 0 N–H and O–H groups in total. The van der Waals surface area contributed by atoms with Crippen molar-refractivity contribution >= 4 is 37.1 Å². The Morgan fingerprint density at radius 2 is 2.00 bits per heavy atom. The number of nitrogens with zero attached hydrogens (tertiary/aromatic N) is 5. The van der Waals surface area contributed by atoms with Gasteiger partial charge in [0.15, 0.2) is 5.69 Å². The summed E-state index contributed by atoms with van der Waals surface area (Å²) in [7, 11) is 1.60. The summed E-state index contributed by atoms with van der Waals surface area (Å²) in [5.74, 6) is -0.127. The first-order valence-corrected chi connectivity index (χ1v) is 11.9. The van der Waals surface area contributed by atoms with E-state index in [0.29, 0.717) is 42.4 Å². The number of carbonyl (C=O) groups excluding carboxylic acids is 2. The van der Waals surface area contributed by atoms with E-state index in [1.54, 1.807) is 11.6 Å². The zero-order valence-corrected chi connectivity index (χ0v) is 22.8. The molecule has 9 nitrogen and oxygen atoms in total. The molecule has 190 valence electrons. The molecule has 0 atom stereocenters. The van der Waals surface area contributed by atoms with Gasteiger partial charge in [-0.15, -0.1) is 6.54 Å². The number of hydrogen-bond acceptors (Lipinski definition) is 7. The number of carbonyl (C=O) groups is 2. The number of imidazole rings is 1. The Labute approximate surface area is 229 Å². The van der Waals surface area contributed by atoms with Gasteiger partial charge in [-0.2, -0.15) is 18.1 Å². The fourth-order valence-corrected chi connectivity index (χ4v) is 4.06. The third-order valence-corrected chi connectivity index (χ3v) is 5.69. The van der Waals surface area contributed by atoms with Crippen LogP contribution in [0.2, 0.25) is 0 Å². The monoisotopic (exact) mass is 607 g/mol. The molecule has 2 heterocycles. The minimum atomic E-state index is -0.551. The van der Waals surface area contributed by atoms with Gasteiger partial charge in [0.2, 0.25) is 0 Å². The zero-order chi connectivity index (χ0) is 23.8. The second-order valence-electron chi connectivity index (χ2n) is 7.64. The van der Waals surface area contributed by atoms with E-state index in [4.69, 9.17) is 30.0 Å². The third-order valence-electron chi connectivity index (χ3n) is 5.33. The second kappa shape index (κ2) is 15.6. The van der Waals surface area contributed by atoms with Crippen molar-refractivity contribution in [1.29, 1.82) is 0 Å². The number of benzene rings is 1. The first kappa shape index (κ1) is 31.6. The molecule has 1 aliphatic heterocycles. The van der Waals surface area contributed by atoms with Crippen molar-refractivity contribution in [2.45, 2.75) is 13.0 Å². The number of ether oxygens (including phenoxy) is 1. The van der Waals surface area contributed by atoms with Crippen LogP contribution in [0.15, 0.2) is 24.5 Å². The largest absolute Gasteiger partial charge is 5.00 e. The van der Waals surface area contributed by atoms with Crippen molar-refractivity contribution < 1.29 is 44.3 Å².